The first kappa shape index (κ1) is 14.5. The molecule has 2 N–H and O–H groups in total. The molecule has 2 unspecified atom stereocenters. The van der Waals surface area contributed by atoms with Crippen LogP contribution < -0.4 is 5.73 Å². The zero-order valence-corrected chi connectivity index (χ0v) is 12.5. The Morgan fingerprint density at radius 3 is 2.53 bits per heavy atom. The van der Waals surface area contributed by atoms with E-state index < -0.39 is 0 Å². The van der Waals surface area contributed by atoms with E-state index in [1.54, 1.807) is 0 Å². The quantitative estimate of drug-likeness (QED) is 0.871. The smallest absolute Gasteiger partial charge is 0.0594 e. The Bertz CT molecular complexity index is 390. The Kier molecular flexibility index (Phi) is 4.64. The standard InChI is InChI=1S/C17H27NO/c1-4-17(2,3)14-9-7-13(8-10-14)16(18)12-15-6-5-11-19-15/h7-10,15-16H,4-6,11-12,18H2,1-3H3. The molecule has 0 aromatic heterocycles. The van der Waals surface area contributed by atoms with Crippen LogP contribution in [0.2, 0.25) is 0 Å². The van der Waals surface area contributed by atoms with Gasteiger partial charge in [0.05, 0.1) is 6.10 Å². The van der Waals surface area contributed by atoms with E-state index in [1.165, 1.54) is 17.5 Å². The van der Waals surface area contributed by atoms with Gasteiger partial charge in [-0.3, -0.25) is 0 Å². The number of benzene rings is 1. The highest BCUT2D eigenvalue weighted by Gasteiger charge is 2.21. The summed E-state index contributed by atoms with van der Waals surface area (Å²) in [5.41, 5.74) is 9.15. The molecule has 1 aromatic rings. The summed E-state index contributed by atoms with van der Waals surface area (Å²) in [6, 6.07) is 8.93. The maximum Gasteiger partial charge on any atom is 0.0594 e. The van der Waals surface area contributed by atoms with Crippen molar-refractivity contribution in [3.63, 3.8) is 0 Å². The summed E-state index contributed by atoms with van der Waals surface area (Å²) in [6.45, 7) is 7.71. The van der Waals surface area contributed by atoms with Gasteiger partial charge in [-0.05, 0) is 42.2 Å². The second-order valence-corrected chi connectivity index (χ2v) is 6.34. The maximum absolute atomic E-state index is 6.29. The molecular formula is C17H27NO. The molecule has 1 heterocycles. The predicted octanol–water partition coefficient (Wildman–Crippen LogP) is 3.94. The lowest BCUT2D eigenvalue weighted by Gasteiger charge is -2.24. The van der Waals surface area contributed by atoms with E-state index in [9.17, 15) is 0 Å². The molecule has 1 fully saturated rings. The molecule has 0 amide bonds. The van der Waals surface area contributed by atoms with E-state index in [1.807, 2.05) is 0 Å². The lowest BCUT2D eigenvalue weighted by atomic mass is 9.81. The lowest BCUT2D eigenvalue weighted by molar-refractivity contribution is 0.0983. The molecule has 0 saturated carbocycles. The third-order valence-corrected chi connectivity index (χ3v) is 4.55. The van der Waals surface area contributed by atoms with Crippen molar-refractivity contribution in [3.8, 4) is 0 Å². The highest BCUT2D eigenvalue weighted by Crippen LogP contribution is 2.29. The molecule has 2 atom stereocenters. The third-order valence-electron chi connectivity index (χ3n) is 4.55. The van der Waals surface area contributed by atoms with E-state index in [4.69, 9.17) is 10.5 Å². The van der Waals surface area contributed by atoms with Gasteiger partial charge in [-0.25, -0.2) is 0 Å². The van der Waals surface area contributed by atoms with Gasteiger partial charge in [-0.1, -0.05) is 45.0 Å². The first-order valence-corrected chi connectivity index (χ1v) is 7.50. The predicted molar refractivity (Wildman–Crippen MR) is 80.3 cm³/mol. The van der Waals surface area contributed by atoms with Gasteiger partial charge < -0.3 is 10.5 Å². The van der Waals surface area contributed by atoms with Gasteiger partial charge in [0, 0.05) is 12.6 Å². The fourth-order valence-electron chi connectivity index (χ4n) is 2.64. The number of ether oxygens (including phenoxy) is 1. The van der Waals surface area contributed by atoms with Crippen molar-refractivity contribution < 1.29 is 4.74 Å². The van der Waals surface area contributed by atoms with Crippen molar-refractivity contribution in [2.45, 2.75) is 64.0 Å². The molecular weight excluding hydrogens is 234 g/mol. The van der Waals surface area contributed by atoms with Gasteiger partial charge in [-0.2, -0.15) is 0 Å². The molecule has 19 heavy (non-hydrogen) atoms. The van der Waals surface area contributed by atoms with Crippen LogP contribution in [0.3, 0.4) is 0 Å². The fraction of sp³-hybridized carbons (Fsp3) is 0.647. The highest BCUT2D eigenvalue weighted by molar-refractivity contribution is 5.29. The molecule has 2 heteroatoms. The summed E-state index contributed by atoms with van der Waals surface area (Å²) in [5.74, 6) is 0. The van der Waals surface area contributed by atoms with Crippen LogP contribution in [0.1, 0.15) is 63.6 Å². The average Bonchev–Trinajstić information content (AvgIpc) is 2.91. The molecule has 0 radical (unpaired) electrons. The van der Waals surface area contributed by atoms with Crippen LogP contribution in [0.4, 0.5) is 0 Å². The summed E-state index contributed by atoms with van der Waals surface area (Å²) in [5, 5.41) is 0. The van der Waals surface area contributed by atoms with Crippen molar-refractivity contribution in [2.24, 2.45) is 5.73 Å². The Hall–Kier alpha value is -0.860. The summed E-state index contributed by atoms with van der Waals surface area (Å²) >= 11 is 0. The average molecular weight is 261 g/mol. The van der Waals surface area contributed by atoms with Gasteiger partial charge in [0.25, 0.3) is 0 Å². The van der Waals surface area contributed by atoms with Crippen LogP contribution in [0.15, 0.2) is 24.3 Å². The van der Waals surface area contributed by atoms with Gasteiger partial charge in [0.2, 0.25) is 0 Å². The Balaban J connectivity index is 2.01. The van der Waals surface area contributed by atoms with Gasteiger partial charge in [-0.15, -0.1) is 0 Å². The fourth-order valence-corrected chi connectivity index (χ4v) is 2.64. The molecule has 1 saturated heterocycles. The van der Waals surface area contributed by atoms with Crippen molar-refractivity contribution in [1.82, 2.24) is 0 Å². The highest BCUT2D eigenvalue weighted by atomic mass is 16.5. The number of hydrogen-bond donors (Lipinski definition) is 1. The molecule has 0 aliphatic carbocycles. The van der Waals surface area contributed by atoms with E-state index in [0.29, 0.717) is 6.10 Å². The molecule has 0 spiro atoms. The monoisotopic (exact) mass is 261 g/mol. The van der Waals surface area contributed by atoms with Crippen molar-refractivity contribution in [3.05, 3.63) is 35.4 Å². The summed E-state index contributed by atoms with van der Waals surface area (Å²) < 4.78 is 5.66. The van der Waals surface area contributed by atoms with E-state index in [2.05, 4.69) is 45.0 Å². The zero-order chi connectivity index (χ0) is 13.9. The largest absolute Gasteiger partial charge is 0.378 e. The van der Waals surface area contributed by atoms with Crippen LogP contribution in [-0.4, -0.2) is 12.7 Å². The minimum Gasteiger partial charge on any atom is -0.378 e. The van der Waals surface area contributed by atoms with E-state index in [0.717, 1.165) is 25.9 Å². The van der Waals surface area contributed by atoms with Gasteiger partial charge in [0.15, 0.2) is 0 Å². The molecule has 2 nitrogen and oxygen atoms in total. The first-order chi connectivity index (χ1) is 9.03. The Labute approximate surface area is 117 Å². The van der Waals surface area contributed by atoms with Crippen LogP contribution in [0.25, 0.3) is 0 Å². The normalized spacial score (nSPS) is 21.6. The third kappa shape index (κ3) is 3.58. The Morgan fingerprint density at radius 2 is 2.00 bits per heavy atom. The van der Waals surface area contributed by atoms with Gasteiger partial charge >= 0.3 is 0 Å². The molecule has 1 aliphatic rings. The first-order valence-electron chi connectivity index (χ1n) is 7.50. The second kappa shape index (κ2) is 6.06. The van der Waals surface area contributed by atoms with Crippen molar-refractivity contribution in [1.29, 1.82) is 0 Å². The SMILES string of the molecule is CCC(C)(C)c1ccc(C(N)CC2CCCO2)cc1. The molecule has 2 rings (SSSR count). The van der Waals surface area contributed by atoms with E-state index in [-0.39, 0.29) is 11.5 Å². The minimum atomic E-state index is 0.0990. The summed E-state index contributed by atoms with van der Waals surface area (Å²) in [4.78, 5) is 0. The number of hydrogen-bond acceptors (Lipinski definition) is 2. The van der Waals surface area contributed by atoms with Crippen LogP contribution in [0.5, 0.6) is 0 Å². The molecule has 106 valence electrons. The topological polar surface area (TPSA) is 35.2 Å². The minimum absolute atomic E-state index is 0.0990. The van der Waals surface area contributed by atoms with E-state index >= 15 is 0 Å². The second-order valence-electron chi connectivity index (χ2n) is 6.34. The van der Waals surface area contributed by atoms with Gasteiger partial charge in [0.1, 0.15) is 0 Å². The van der Waals surface area contributed by atoms with Crippen LogP contribution in [0, 0.1) is 0 Å². The number of rotatable bonds is 5. The molecule has 1 aromatic carbocycles. The van der Waals surface area contributed by atoms with Crippen molar-refractivity contribution in [2.75, 3.05) is 6.61 Å². The summed E-state index contributed by atoms with van der Waals surface area (Å²) in [6.07, 6.45) is 4.79. The van der Waals surface area contributed by atoms with Crippen LogP contribution in [-0.2, 0) is 10.2 Å². The lowest BCUT2D eigenvalue weighted by Crippen LogP contribution is -2.19. The molecule has 1 aliphatic heterocycles. The Morgan fingerprint density at radius 1 is 1.32 bits per heavy atom. The molecule has 0 bridgehead atoms. The van der Waals surface area contributed by atoms with Crippen molar-refractivity contribution >= 4 is 0 Å². The number of nitrogens with two attached hydrogens (primary N) is 1. The maximum atomic E-state index is 6.29. The zero-order valence-electron chi connectivity index (χ0n) is 12.5. The summed E-state index contributed by atoms with van der Waals surface area (Å²) in [7, 11) is 0. The van der Waals surface area contributed by atoms with Crippen LogP contribution >= 0.6 is 0 Å².